The van der Waals surface area contributed by atoms with Crippen LogP contribution in [0.5, 0.6) is 0 Å². The molecule has 0 saturated heterocycles. The zero-order valence-corrected chi connectivity index (χ0v) is 8.92. The Bertz CT molecular complexity index is 330. The molecule has 0 saturated carbocycles. The van der Waals surface area contributed by atoms with Gasteiger partial charge in [-0.15, -0.1) is 0 Å². The number of hydrogen-bond acceptors (Lipinski definition) is 2. The number of aryl methyl sites for hydroxylation is 2. The molecule has 3 nitrogen and oxygen atoms in total. The zero-order chi connectivity index (χ0) is 10.4. The topological polar surface area (TPSA) is 34.0 Å². The molecule has 0 bridgehead atoms. The average Bonchev–Trinajstić information content (AvgIpc) is 2.18. The van der Waals surface area contributed by atoms with Gasteiger partial charge in [-0.05, 0) is 38.4 Å². The van der Waals surface area contributed by atoms with Gasteiger partial charge >= 0.3 is 0 Å². The van der Waals surface area contributed by atoms with Gasteiger partial charge in [-0.25, -0.2) is 0 Å². The standard InChI is InChI=1S/C11H18N2O/c1-12-8-4-3-5-10-6-7-11(14)13(2)9-10/h6-7,9,12H,3-5,8H2,1-2H3. The van der Waals surface area contributed by atoms with E-state index in [0.717, 1.165) is 13.0 Å². The second kappa shape index (κ2) is 5.60. The fraction of sp³-hybridized carbons (Fsp3) is 0.545. The normalized spacial score (nSPS) is 10.4. The first-order valence-electron chi connectivity index (χ1n) is 5.04. The van der Waals surface area contributed by atoms with Gasteiger partial charge < -0.3 is 9.88 Å². The van der Waals surface area contributed by atoms with Crippen LogP contribution in [0.2, 0.25) is 0 Å². The van der Waals surface area contributed by atoms with Crippen molar-refractivity contribution in [3.05, 3.63) is 34.2 Å². The van der Waals surface area contributed by atoms with Crippen LogP contribution in [-0.2, 0) is 13.5 Å². The summed E-state index contributed by atoms with van der Waals surface area (Å²) in [6, 6.07) is 3.55. The lowest BCUT2D eigenvalue weighted by Crippen LogP contribution is -2.15. The minimum absolute atomic E-state index is 0.0592. The Balaban J connectivity index is 2.43. The second-order valence-corrected chi connectivity index (χ2v) is 3.55. The number of pyridine rings is 1. The van der Waals surface area contributed by atoms with Crippen molar-refractivity contribution in [3.8, 4) is 0 Å². The van der Waals surface area contributed by atoms with Crippen LogP contribution < -0.4 is 10.9 Å². The van der Waals surface area contributed by atoms with Gasteiger partial charge in [-0.2, -0.15) is 0 Å². The summed E-state index contributed by atoms with van der Waals surface area (Å²) in [5.74, 6) is 0. The molecule has 0 aliphatic carbocycles. The molecule has 1 N–H and O–H groups in total. The molecule has 1 aromatic heterocycles. The summed E-state index contributed by atoms with van der Waals surface area (Å²) in [4.78, 5) is 11.1. The van der Waals surface area contributed by atoms with Crippen LogP contribution in [0.15, 0.2) is 23.1 Å². The maximum atomic E-state index is 11.1. The van der Waals surface area contributed by atoms with E-state index in [9.17, 15) is 4.79 Å². The fourth-order valence-corrected chi connectivity index (χ4v) is 1.43. The number of rotatable bonds is 5. The molecule has 0 radical (unpaired) electrons. The summed E-state index contributed by atoms with van der Waals surface area (Å²) >= 11 is 0. The third kappa shape index (κ3) is 3.34. The van der Waals surface area contributed by atoms with Crippen molar-refractivity contribution in [1.82, 2.24) is 9.88 Å². The van der Waals surface area contributed by atoms with Gasteiger partial charge in [0, 0.05) is 19.3 Å². The van der Waals surface area contributed by atoms with E-state index in [-0.39, 0.29) is 5.56 Å². The van der Waals surface area contributed by atoms with Gasteiger partial charge in [0.15, 0.2) is 0 Å². The zero-order valence-electron chi connectivity index (χ0n) is 8.92. The monoisotopic (exact) mass is 194 g/mol. The molecule has 0 spiro atoms. The lowest BCUT2D eigenvalue weighted by atomic mass is 10.1. The molecule has 0 amide bonds. The van der Waals surface area contributed by atoms with Crippen molar-refractivity contribution in [1.29, 1.82) is 0 Å². The summed E-state index contributed by atoms with van der Waals surface area (Å²) in [6.07, 6.45) is 5.32. The molecule has 14 heavy (non-hydrogen) atoms. The maximum Gasteiger partial charge on any atom is 0.250 e. The van der Waals surface area contributed by atoms with Crippen molar-refractivity contribution < 1.29 is 0 Å². The van der Waals surface area contributed by atoms with Gasteiger partial charge in [-0.3, -0.25) is 4.79 Å². The Morgan fingerprint density at radius 3 is 2.79 bits per heavy atom. The first-order chi connectivity index (χ1) is 6.74. The first-order valence-corrected chi connectivity index (χ1v) is 5.04. The third-order valence-electron chi connectivity index (χ3n) is 2.29. The van der Waals surface area contributed by atoms with Crippen molar-refractivity contribution in [2.45, 2.75) is 19.3 Å². The maximum absolute atomic E-state index is 11.1. The molecule has 1 aromatic rings. The SMILES string of the molecule is CNCCCCc1ccc(=O)n(C)c1. The molecule has 1 rings (SSSR count). The number of nitrogens with zero attached hydrogens (tertiary/aromatic N) is 1. The van der Waals surface area contributed by atoms with Gasteiger partial charge in [0.2, 0.25) is 5.56 Å². The molecule has 0 fully saturated rings. The fourth-order valence-electron chi connectivity index (χ4n) is 1.43. The van der Waals surface area contributed by atoms with E-state index in [0.29, 0.717) is 0 Å². The van der Waals surface area contributed by atoms with Crippen LogP contribution >= 0.6 is 0 Å². The molecular formula is C11H18N2O. The lowest BCUT2D eigenvalue weighted by molar-refractivity contribution is 0.673. The number of aromatic nitrogens is 1. The molecule has 0 aliphatic heterocycles. The van der Waals surface area contributed by atoms with E-state index in [4.69, 9.17) is 0 Å². The van der Waals surface area contributed by atoms with E-state index in [1.54, 1.807) is 17.7 Å². The smallest absolute Gasteiger partial charge is 0.250 e. The van der Waals surface area contributed by atoms with E-state index >= 15 is 0 Å². The highest BCUT2D eigenvalue weighted by molar-refractivity contribution is 5.09. The molecule has 78 valence electrons. The predicted molar refractivity (Wildman–Crippen MR) is 58.5 cm³/mol. The van der Waals surface area contributed by atoms with Crippen LogP contribution in [0.1, 0.15) is 18.4 Å². The van der Waals surface area contributed by atoms with Crippen LogP contribution in [-0.4, -0.2) is 18.2 Å². The van der Waals surface area contributed by atoms with Crippen LogP contribution in [0, 0.1) is 0 Å². The minimum atomic E-state index is 0.0592. The van der Waals surface area contributed by atoms with Gasteiger partial charge in [0.25, 0.3) is 0 Å². The summed E-state index contributed by atoms with van der Waals surface area (Å²) in [6.45, 7) is 1.06. The van der Waals surface area contributed by atoms with Crippen LogP contribution in [0.25, 0.3) is 0 Å². The first kappa shape index (κ1) is 11.0. The van der Waals surface area contributed by atoms with Gasteiger partial charge in [0.05, 0.1) is 0 Å². The Labute approximate surface area is 84.8 Å². The highest BCUT2D eigenvalue weighted by Crippen LogP contribution is 2.01. The van der Waals surface area contributed by atoms with E-state index in [1.165, 1.54) is 18.4 Å². The highest BCUT2D eigenvalue weighted by atomic mass is 16.1. The number of unbranched alkanes of at least 4 members (excludes halogenated alkanes) is 1. The Morgan fingerprint density at radius 1 is 1.36 bits per heavy atom. The molecule has 0 aliphatic rings. The van der Waals surface area contributed by atoms with Crippen molar-refractivity contribution in [2.75, 3.05) is 13.6 Å². The average molecular weight is 194 g/mol. The summed E-state index contributed by atoms with van der Waals surface area (Å²) in [7, 11) is 3.76. The van der Waals surface area contributed by atoms with Crippen molar-refractivity contribution >= 4 is 0 Å². The van der Waals surface area contributed by atoms with E-state index < -0.39 is 0 Å². The van der Waals surface area contributed by atoms with Crippen LogP contribution in [0.3, 0.4) is 0 Å². The Hall–Kier alpha value is -1.09. The predicted octanol–water partition coefficient (Wildman–Crippen LogP) is 0.927. The summed E-state index contributed by atoms with van der Waals surface area (Å²) in [5, 5.41) is 3.12. The minimum Gasteiger partial charge on any atom is -0.320 e. The summed E-state index contributed by atoms with van der Waals surface area (Å²) in [5.41, 5.74) is 1.30. The second-order valence-electron chi connectivity index (χ2n) is 3.55. The lowest BCUT2D eigenvalue weighted by Gasteiger charge is -2.03. The molecule has 0 aromatic carbocycles. The number of hydrogen-bond donors (Lipinski definition) is 1. The molecular weight excluding hydrogens is 176 g/mol. The van der Waals surface area contributed by atoms with E-state index in [2.05, 4.69) is 5.32 Å². The number of nitrogens with one attached hydrogen (secondary N) is 1. The molecule has 1 heterocycles. The van der Waals surface area contributed by atoms with Gasteiger partial charge in [0.1, 0.15) is 0 Å². The molecule has 3 heteroatoms. The molecule has 0 unspecified atom stereocenters. The summed E-state index contributed by atoms with van der Waals surface area (Å²) < 4.78 is 1.63. The van der Waals surface area contributed by atoms with Gasteiger partial charge in [-0.1, -0.05) is 6.07 Å². The van der Waals surface area contributed by atoms with Crippen molar-refractivity contribution in [2.24, 2.45) is 7.05 Å². The largest absolute Gasteiger partial charge is 0.320 e. The third-order valence-corrected chi connectivity index (χ3v) is 2.29. The highest BCUT2D eigenvalue weighted by Gasteiger charge is 1.95. The van der Waals surface area contributed by atoms with Crippen molar-refractivity contribution in [3.63, 3.8) is 0 Å². The Kier molecular flexibility index (Phi) is 4.40. The Morgan fingerprint density at radius 2 is 2.14 bits per heavy atom. The van der Waals surface area contributed by atoms with Crippen LogP contribution in [0.4, 0.5) is 0 Å². The quantitative estimate of drug-likeness (QED) is 0.707. The molecule has 0 atom stereocenters. The van der Waals surface area contributed by atoms with E-state index in [1.807, 2.05) is 19.3 Å².